The third-order valence-corrected chi connectivity index (χ3v) is 7.61. The number of fused-ring (bicyclic) bond motifs is 1. The molecule has 0 amide bonds. The van der Waals surface area contributed by atoms with Gasteiger partial charge in [-0.1, -0.05) is 12.1 Å². The van der Waals surface area contributed by atoms with Gasteiger partial charge < -0.3 is 24.7 Å². The summed E-state index contributed by atoms with van der Waals surface area (Å²) in [7, 11) is 0. The molecule has 0 atom stereocenters. The number of benzene rings is 1. The monoisotopic (exact) mass is 515 g/mol. The van der Waals surface area contributed by atoms with Gasteiger partial charge >= 0.3 is 0 Å². The molecule has 0 unspecified atom stereocenters. The maximum absolute atomic E-state index is 13.0. The van der Waals surface area contributed by atoms with Crippen molar-refractivity contribution in [3.05, 3.63) is 45.2 Å². The van der Waals surface area contributed by atoms with Crippen molar-refractivity contribution >= 4 is 28.2 Å². The van der Waals surface area contributed by atoms with Gasteiger partial charge in [-0.3, -0.25) is 14.6 Å². The predicted molar refractivity (Wildman–Crippen MR) is 149 cm³/mol. The molecule has 2 N–H and O–H groups in total. The molecule has 3 heterocycles. The van der Waals surface area contributed by atoms with Crippen molar-refractivity contribution in [2.24, 2.45) is 0 Å². The van der Waals surface area contributed by atoms with E-state index in [0.717, 1.165) is 124 Å². The number of rotatable bonds is 10. The molecule has 9 heteroatoms. The number of aromatic amines is 1. The van der Waals surface area contributed by atoms with Crippen molar-refractivity contribution in [1.82, 2.24) is 25.0 Å². The first-order chi connectivity index (χ1) is 17.5. The Bertz CT molecular complexity index is 1060. The van der Waals surface area contributed by atoms with Crippen LogP contribution in [-0.4, -0.2) is 104 Å². The Hall–Kier alpha value is -2.04. The largest absolute Gasteiger partial charge is 0.379 e. The number of hydrogen-bond acceptors (Lipinski definition) is 6. The average molecular weight is 516 g/mol. The lowest BCUT2D eigenvalue weighted by atomic mass is 10.0. The van der Waals surface area contributed by atoms with Gasteiger partial charge in [-0.2, -0.15) is 0 Å². The number of pyridine rings is 1. The number of H-pyrrole nitrogens is 1. The Morgan fingerprint density at radius 1 is 1.00 bits per heavy atom. The van der Waals surface area contributed by atoms with E-state index >= 15 is 0 Å². The highest BCUT2D eigenvalue weighted by atomic mass is 32.1. The number of nitrogens with zero attached hydrogens (tertiary/aromatic N) is 3. The van der Waals surface area contributed by atoms with Crippen LogP contribution < -0.4 is 10.9 Å². The number of nitrogens with one attached hydrogen (secondary N) is 2. The van der Waals surface area contributed by atoms with Crippen LogP contribution in [0.4, 0.5) is 0 Å². The van der Waals surface area contributed by atoms with Crippen LogP contribution in [0.5, 0.6) is 0 Å². The van der Waals surface area contributed by atoms with Gasteiger partial charge in [-0.05, 0) is 62.6 Å². The summed E-state index contributed by atoms with van der Waals surface area (Å²) in [6, 6.07) is 6.22. The minimum Gasteiger partial charge on any atom is -0.379 e. The molecule has 0 aliphatic carbocycles. The van der Waals surface area contributed by atoms with Crippen LogP contribution in [0.25, 0.3) is 10.9 Å². The normalized spacial score (nSPS) is 17.4. The quantitative estimate of drug-likeness (QED) is 0.369. The fourth-order valence-electron chi connectivity index (χ4n) is 4.94. The minimum absolute atomic E-state index is 0.0375. The lowest BCUT2D eigenvalue weighted by Crippen LogP contribution is -2.43. The highest BCUT2D eigenvalue weighted by molar-refractivity contribution is 7.80. The molecule has 0 spiro atoms. The number of thiocarbonyl (C=S) groups is 1. The fourth-order valence-corrected chi connectivity index (χ4v) is 5.20. The van der Waals surface area contributed by atoms with Gasteiger partial charge in [-0.25, -0.2) is 0 Å². The van der Waals surface area contributed by atoms with E-state index in [-0.39, 0.29) is 5.56 Å². The first kappa shape index (κ1) is 27.0. The van der Waals surface area contributed by atoms with E-state index in [1.165, 1.54) is 0 Å². The van der Waals surface area contributed by atoms with Crippen molar-refractivity contribution in [1.29, 1.82) is 0 Å². The van der Waals surface area contributed by atoms with Crippen LogP contribution >= 0.6 is 12.2 Å². The summed E-state index contributed by atoms with van der Waals surface area (Å²) in [6.45, 7) is 15.5. The van der Waals surface area contributed by atoms with Crippen molar-refractivity contribution in [2.75, 3.05) is 78.8 Å². The van der Waals surface area contributed by atoms with E-state index in [2.05, 4.69) is 44.1 Å². The second-order valence-corrected chi connectivity index (χ2v) is 10.3. The van der Waals surface area contributed by atoms with Gasteiger partial charge in [0, 0.05) is 56.8 Å². The number of aromatic nitrogens is 1. The predicted octanol–water partition coefficient (Wildman–Crippen LogP) is 2.27. The van der Waals surface area contributed by atoms with Gasteiger partial charge in [0.25, 0.3) is 5.56 Å². The van der Waals surface area contributed by atoms with Crippen molar-refractivity contribution in [3.63, 3.8) is 0 Å². The second kappa shape index (κ2) is 13.5. The van der Waals surface area contributed by atoms with Crippen LogP contribution in [0.15, 0.2) is 23.0 Å². The van der Waals surface area contributed by atoms with Gasteiger partial charge in [0.05, 0.1) is 38.5 Å². The van der Waals surface area contributed by atoms with Gasteiger partial charge in [0.15, 0.2) is 5.11 Å². The van der Waals surface area contributed by atoms with Crippen molar-refractivity contribution in [3.8, 4) is 0 Å². The second-order valence-electron chi connectivity index (χ2n) is 9.88. The fraction of sp³-hybridized carbons (Fsp3) is 0.630. The molecule has 0 bridgehead atoms. The van der Waals surface area contributed by atoms with E-state index < -0.39 is 0 Å². The zero-order valence-corrected chi connectivity index (χ0v) is 22.6. The summed E-state index contributed by atoms with van der Waals surface area (Å²) in [6.07, 6.45) is 2.01. The number of ether oxygens (including phenoxy) is 2. The van der Waals surface area contributed by atoms with Crippen LogP contribution in [0.2, 0.25) is 0 Å². The third-order valence-electron chi connectivity index (χ3n) is 7.21. The highest BCUT2D eigenvalue weighted by Gasteiger charge is 2.16. The molecule has 2 fully saturated rings. The maximum Gasteiger partial charge on any atom is 0.253 e. The lowest BCUT2D eigenvalue weighted by Gasteiger charge is -2.30. The molecule has 2 aliphatic heterocycles. The zero-order valence-electron chi connectivity index (χ0n) is 21.8. The minimum atomic E-state index is -0.0375. The Morgan fingerprint density at radius 3 is 2.28 bits per heavy atom. The number of aryl methyl sites for hydroxylation is 2. The Balaban J connectivity index is 1.40. The third kappa shape index (κ3) is 7.49. The first-order valence-electron chi connectivity index (χ1n) is 13.3. The summed E-state index contributed by atoms with van der Waals surface area (Å²) in [5.74, 6) is 0. The van der Waals surface area contributed by atoms with Crippen molar-refractivity contribution in [2.45, 2.75) is 33.2 Å². The Labute approximate surface area is 219 Å². The topological polar surface area (TPSA) is 73.1 Å². The smallest absolute Gasteiger partial charge is 0.253 e. The summed E-state index contributed by atoms with van der Waals surface area (Å²) < 4.78 is 10.9. The van der Waals surface area contributed by atoms with Gasteiger partial charge in [0.2, 0.25) is 0 Å². The van der Waals surface area contributed by atoms with E-state index in [1.54, 1.807) is 0 Å². The Kier molecular flexibility index (Phi) is 10.1. The number of hydrogen-bond donors (Lipinski definition) is 2. The molecule has 0 radical (unpaired) electrons. The summed E-state index contributed by atoms with van der Waals surface area (Å²) >= 11 is 5.84. The standard InChI is InChI=1S/C27H41N5O3S/c1-21-5-6-22(2)25-24(21)19-23(26(33)29-25)20-32(10-4-9-31-13-17-35-18-14-31)27(36)28-7-3-8-30-11-15-34-16-12-30/h5-6,19H,3-4,7-18,20H2,1-2H3,(H,28,36)(H,29,33). The highest BCUT2D eigenvalue weighted by Crippen LogP contribution is 2.20. The Morgan fingerprint density at radius 2 is 1.61 bits per heavy atom. The molecular weight excluding hydrogens is 474 g/mol. The first-order valence-corrected chi connectivity index (χ1v) is 13.7. The SMILES string of the molecule is Cc1ccc(C)c2[nH]c(=O)c(CN(CCCN3CCOCC3)C(=S)NCCCN3CCOCC3)cc12. The number of morpholine rings is 2. The molecule has 198 valence electrons. The average Bonchev–Trinajstić information content (AvgIpc) is 2.90. The molecule has 36 heavy (non-hydrogen) atoms. The summed E-state index contributed by atoms with van der Waals surface area (Å²) in [5.41, 5.74) is 3.88. The van der Waals surface area contributed by atoms with E-state index in [0.29, 0.717) is 6.54 Å². The van der Waals surface area contributed by atoms with E-state index in [9.17, 15) is 4.79 Å². The van der Waals surface area contributed by atoms with Crippen LogP contribution in [0.1, 0.15) is 29.5 Å². The molecule has 8 nitrogen and oxygen atoms in total. The molecular formula is C27H41N5O3S. The van der Waals surface area contributed by atoms with Crippen LogP contribution in [0.3, 0.4) is 0 Å². The molecule has 2 aliphatic rings. The molecule has 2 aromatic rings. The van der Waals surface area contributed by atoms with E-state index in [1.807, 2.05) is 13.0 Å². The van der Waals surface area contributed by atoms with Gasteiger partial charge in [-0.15, -0.1) is 0 Å². The molecule has 4 rings (SSSR count). The molecule has 2 saturated heterocycles. The molecule has 0 saturated carbocycles. The summed E-state index contributed by atoms with van der Waals surface area (Å²) in [4.78, 5) is 23.2. The maximum atomic E-state index is 13.0. The van der Waals surface area contributed by atoms with E-state index in [4.69, 9.17) is 21.7 Å². The van der Waals surface area contributed by atoms with Crippen LogP contribution in [0, 0.1) is 13.8 Å². The summed E-state index contributed by atoms with van der Waals surface area (Å²) in [5, 5.41) is 5.28. The van der Waals surface area contributed by atoms with Gasteiger partial charge in [0.1, 0.15) is 0 Å². The lowest BCUT2D eigenvalue weighted by molar-refractivity contribution is 0.0367. The zero-order chi connectivity index (χ0) is 25.3. The van der Waals surface area contributed by atoms with Crippen LogP contribution in [-0.2, 0) is 16.0 Å². The molecule has 1 aromatic carbocycles. The molecule has 1 aromatic heterocycles. The van der Waals surface area contributed by atoms with Crippen molar-refractivity contribution < 1.29 is 9.47 Å².